The number of carbonyl (C=O) groups is 1. The highest BCUT2D eigenvalue weighted by Crippen LogP contribution is 2.29. The number of alkyl halides is 3. The van der Waals surface area contributed by atoms with Crippen LogP contribution >= 0.6 is 0 Å². The molecule has 1 fully saturated rings. The fraction of sp³-hybridized carbons (Fsp3) is 0.409. The molecule has 0 radical (unpaired) electrons. The number of amides is 1. The highest BCUT2D eigenvalue weighted by atomic mass is 19.4. The van der Waals surface area contributed by atoms with Crippen molar-refractivity contribution >= 4 is 5.91 Å². The largest absolute Gasteiger partial charge is 0.416 e. The van der Waals surface area contributed by atoms with Crippen LogP contribution in [0.25, 0.3) is 0 Å². The maximum absolute atomic E-state index is 12.9. The lowest BCUT2D eigenvalue weighted by Crippen LogP contribution is -2.39. The number of rotatable bonds is 6. The van der Waals surface area contributed by atoms with Gasteiger partial charge in [0.2, 0.25) is 5.91 Å². The van der Waals surface area contributed by atoms with Crippen LogP contribution in [0.2, 0.25) is 0 Å². The summed E-state index contributed by atoms with van der Waals surface area (Å²) in [5, 5.41) is 9.80. The van der Waals surface area contributed by atoms with Crippen LogP contribution in [0.3, 0.4) is 0 Å². The van der Waals surface area contributed by atoms with Crippen LogP contribution in [0.5, 0.6) is 0 Å². The average Bonchev–Trinajstić information content (AvgIpc) is 3.11. The first-order valence-electron chi connectivity index (χ1n) is 9.61. The predicted molar refractivity (Wildman–Crippen MR) is 104 cm³/mol. The Bertz CT molecular complexity index is 809. The third-order valence-electron chi connectivity index (χ3n) is 5.36. The number of likely N-dealkylation sites (N-methyl/N-ethyl adjacent to an activating group) is 1. The van der Waals surface area contributed by atoms with Gasteiger partial charge in [0, 0.05) is 26.7 Å². The molecular weight excluding hydrogens is 381 g/mol. The molecule has 3 rings (SSSR count). The molecule has 1 saturated heterocycles. The molecule has 29 heavy (non-hydrogen) atoms. The SMILES string of the molecule is CN(C(=O)Cc1ccc(C(F)(F)F)cc1)C(CN1CC[C@H](O)C1)c1ccccc1. The third-order valence-corrected chi connectivity index (χ3v) is 5.36. The Balaban J connectivity index is 1.72. The van der Waals surface area contributed by atoms with E-state index in [0.29, 0.717) is 25.1 Å². The zero-order chi connectivity index (χ0) is 21.0. The topological polar surface area (TPSA) is 43.8 Å². The highest BCUT2D eigenvalue weighted by Gasteiger charge is 2.31. The minimum Gasteiger partial charge on any atom is -0.392 e. The maximum atomic E-state index is 12.9. The molecule has 1 heterocycles. The molecule has 1 aliphatic heterocycles. The standard InChI is InChI=1S/C22H25F3N2O2/c1-26(21(29)13-16-7-9-18(10-8-16)22(23,24)25)20(17-5-3-2-4-6-17)15-27-12-11-19(28)14-27/h2-10,19-20,28H,11-15H2,1H3/t19-,20?/m0/s1. The number of hydrogen-bond donors (Lipinski definition) is 1. The fourth-order valence-electron chi connectivity index (χ4n) is 3.63. The van der Waals surface area contributed by atoms with E-state index in [4.69, 9.17) is 0 Å². The molecule has 1 aliphatic rings. The molecule has 1 unspecified atom stereocenters. The molecular formula is C22H25F3N2O2. The number of β-amino-alcohol motifs (C(OH)–C–C–N with tert-alkyl or cyclic N) is 1. The first kappa shape index (κ1) is 21.3. The maximum Gasteiger partial charge on any atom is 0.416 e. The highest BCUT2D eigenvalue weighted by molar-refractivity contribution is 5.79. The van der Waals surface area contributed by atoms with E-state index in [1.165, 1.54) is 12.1 Å². The molecule has 2 atom stereocenters. The molecule has 1 amide bonds. The van der Waals surface area contributed by atoms with Gasteiger partial charge in [-0.3, -0.25) is 9.69 Å². The van der Waals surface area contributed by atoms with E-state index in [2.05, 4.69) is 4.90 Å². The van der Waals surface area contributed by atoms with Gasteiger partial charge in [0.25, 0.3) is 0 Å². The van der Waals surface area contributed by atoms with Crippen LogP contribution in [0.1, 0.15) is 29.2 Å². The van der Waals surface area contributed by atoms with E-state index in [0.717, 1.165) is 24.2 Å². The van der Waals surface area contributed by atoms with Crippen molar-refractivity contribution in [3.05, 3.63) is 71.3 Å². The Morgan fingerprint density at radius 2 is 1.83 bits per heavy atom. The number of nitrogens with zero attached hydrogens (tertiary/aromatic N) is 2. The van der Waals surface area contributed by atoms with E-state index in [-0.39, 0.29) is 24.5 Å². The van der Waals surface area contributed by atoms with Gasteiger partial charge in [-0.2, -0.15) is 13.2 Å². The van der Waals surface area contributed by atoms with Crippen molar-refractivity contribution < 1.29 is 23.1 Å². The monoisotopic (exact) mass is 406 g/mol. The first-order valence-corrected chi connectivity index (χ1v) is 9.61. The molecule has 0 saturated carbocycles. The minimum absolute atomic E-state index is 0.0284. The second-order valence-electron chi connectivity index (χ2n) is 7.50. The number of aliphatic hydroxyl groups is 1. The number of carbonyl (C=O) groups excluding carboxylic acids is 1. The summed E-state index contributed by atoms with van der Waals surface area (Å²) in [5.41, 5.74) is 0.798. The Labute approximate surface area is 168 Å². The minimum atomic E-state index is -4.39. The third kappa shape index (κ3) is 5.58. The predicted octanol–water partition coefficient (Wildman–Crippen LogP) is 3.51. The molecule has 4 nitrogen and oxygen atoms in total. The zero-order valence-corrected chi connectivity index (χ0v) is 16.3. The summed E-state index contributed by atoms with van der Waals surface area (Å²) in [6.07, 6.45) is -4.00. The quantitative estimate of drug-likeness (QED) is 0.799. The Kier molecular flexibility index (Phi) is 6.59. The van der Waals surface area contributed by atoms with Gasteiger partial charge in [-0.15, -0.1) is 0 Å². The van der Waals surface area contributed by atoms with Gasteiger partial charge in [0.15, 0.2) is 0 Å². The van der Waals surface area contributed by atoms with Crippen LogP contribution in [0, 0.1) is 0 Å². The van der Waals surface area contributed by atoms with Crippen molar-refractivity contribution in [1.82, 2.24) is 9.80 Å². The van der Waals surface area contributed by atoms with Gasteiger partial charge in [-0.25, -0.2) is 0 Å². The molecule has 0 bridgehead atoms. The van der Waals surface area contributed by atoms with Gasteiger partial charge in [0.05, 0.1) is 24.1 Å². The zero-order valence-electron chi connectivity index (χ0n) is 16.3. The van der Waals surface area contributed by atoms with Crippen LogP contribution < -0.4 is 0 Å². The number of halogens is 3. The molecule has 0 aliphatic carbocycles. The lowest BCUT2D eigenvalue weighted by molar-refractivity contribution is -0.137. The van der Waals surface area contributed by atoms with Gasteiger partial charge in [-0.1, -0.05) is 42.5 Å². The summed E-state index contributed by atoms with van der Waals surface area (Å²) in [6.45, 7) is 1.94. The van der Waals surface area contributed by atoms with Crippen molar-refractivity contribution in [3.63, 3.8) is 0 Å². The van der Waals surface area contributed by atoms with Crippen molar-refractivity contribution in [1.29, 1.82) is 0 Å². The number of likely N-dealkylation sites (tertiary alicyclic amines) is 1. The lowest BCUT2D eigenvalue weighted by Gasteiger charge is -2.32. The summed E-state index contributed by atoms with van der Waals surface area (Å²) >= 11 is 0. The molecule has 1 N–H and O–H groups in total. The summed E-state index contributed by atoms with van der Waals surface area (Å²) in [7, 11) is 1.72. The van der Waals surface area contributed by atoms with E-state index in [1.807, 2.05) is 30.3 Å². The van der Waals surface area contributed by atoms with Crippen molar-refractivity contribution in [2.45, 2.75) is 31.2 Å². The van der Waals surface area contributed by atoms with E-state index in [9.17, 15) is 23.1 Å². The summed E-state index contributed by atoms with van der Waals surface area (Å²) < 4.78 is 38.2. The Hall–Kier alpha value is -2.38. The number of aliphatic hydroxyl groups excluding tert-OH is 1. The van der Waals surface area contributed by atoms with E-state index < -0.39 is 11.7 Å². The van der Waals surface area contributed by atoms with Crippen LogP contribution in [0.15, 0.2) is 54.6 Å². The smallest absolute Gasteiger partial charge is 0.392 e. The van der Waals surface area contributed by atoms with Crippen molar-refractivity contribution in [3.8, 4) is 0 Å². The summed E-state index contributed by atoms with van der Waals surface area (Å²) in [4.78, 5) is 16.7. The molecule has 7 heteroatoms. The number of hydrogen-bond acceptors (Lipinski definition) is 3. The van der Waals surface area contributed by atoms with Gasteiger partial charge < -0.3 is 10.0 Å². The molecule has 0 spiro atoms. The molecule has 2 aromatic carbocycles. The molecule has 156 valence electrons. The second-order valence-corrected chi connectivity index (χ2v) is 7.50. The Morgan fingerprint density at radius 1 is 1.17 bits per heavy atom. The van der Waals surface area contributed by atoms with Gasteiger partial charge in [0.1, 0.15) is 0 Å². The van der Waals surface area contributed by atoms with E-state index in [1.54, 1.807) is 11.9 Å². The molecule has 2 aromatic rings. The first-order chi connectivity index (χ1) is 13.7. The summed E-state index contributed by atoms with van der Waals surface area (Å²) in [6, 6.07) is 14.1. The fourth-order valence-corrected chi connectivity index (χ4v) is 3.63. The number of benzene rings is 2. The summed E-state index contributed by atoms with van der Waals surface area (Å²) in [5.74, 6) is -0.168. The average molecular weight is 406 g/mol. The van der Waals surface area contributed by atoms with Crippen LogP contribution in [-0.4, -0.2) is 53.6 Å². The van der Waals surface area contributed by atoms with E-state index >= 15 is 0 Å². The van der Waals surface area contributed by atoms with Crippen molar-refractivity contribution in [2.24, 2.45) is 0 Å². The lowest BCUT2D eigenvalue weighted by atomic mass is 10.0. The van der Waals surface area contributed by atoms with Gasteiger partial charge in [-0.05, 0) is 29.7 Å². The van der Waals surface area contributed by atoms with Crippen LogP contribution in [-0.2, 0) is 17.4 Å². The Morgan fingerprint density at radius 3 is 2.38 bits per heavy atom. The van der Waals surface area contributed by atoms with Crippen molar-refractivity contribution in [2.75, 3.05) is 26.7 Å². The normalized spacial score (nSPS) is 18.6. The molecule has 0 aromatic heterocycles. The van der Waals surface area contributed by atoms with Gasteiger partial charge >= 0.3 is 6.18 Å². The second kappa shape index (κ2) is 8.97. The van der Waals surface area contributed by atoms with Crippen LogP contribution in [0.4, 0.5) is 13.2 Å².